The predicted molar refractivity (Wildman–Crippen MR) is 71.5 cm³/mol. The highest BCUT2D eigenvalue weighted by Crippen LogP contribution is 2.29. The van der Waals surface area contributed by atoms with Crippen molar-refractivity contribution >= 4 is 34.3 Å². The second-order valence-corrected chi connectivity index (χ2v) is 4.30. The third-order valence-electron chi connectivity index (χ3n) is 2.18. The first-order chi connectivity index (χ1) is 7.97. The average Bonchev–Trinajstić information content (AvgIpc) is 2.27. The largest absolute Gasteiger partial charge is 0.508 e. The molecule has 0 fully saturated rings. The van der Waals surface area contributed by atoms with Gasteiger partial charge in [-0.1, -0.05) is 22.0 Å². The first-order valence-electron chi connectivity index (χ1n) is 5.02. The second kappa shape index (κ2) is 7.56. The van der Waals surface area contributed by atoms with Crippen LogP contribution in [0.1, 0.15) is 18.5 Å². The van der Waals surface area contributed by atoms with Crippen molar-refractivity contribution < 1.29 is 19.0 Å². The molecule has 0 aliphatic carbocycles. The lowest BCUT2D eigenvalue weighted by atomic mass is 10.0. The van der Waals surface area contributed by atoms with Crippen LogP contribution in [0.5, 0.6) is 5.75 Å². The number of phenolic OH excluding ortho intramolecular Hbond substituents is 1. The van der Waals surface area contributed by atoms with Crippen molar-refractivity contribution in [3.63, 3.8) is 0 Å². The monoisotopic (exact) mass is 341 g/mol. The summed E-state index contributed by atoms with van der Waals surface area (Å²) >= 11 is 3.15. The Morgan fingerprint density at radius 1 is 1.61 bits per heavy atom. The second-order valence-electron chi connectivity index (χ2n) is 3.38. The van der Waals surface area contributed by atoms with Crippen molar-refractivity contribution in [1.29, 1.82) is 0 Å². The van der Waals surface area contributed by atoms with Gasteiger partial charge in [-0.15, -0.1) is 12.4 Å². The highest BCUT2D eigenvalue weighted by atomic mass is 79.9. The SMILES string of the molecule is CCOC(=O)C(F)[C@H](N)c1ccc(Br)cc1O.Cl. The van der Waals surface area contributed by atoms with E-state index in [1.165, 1.54) is 12.1 Å². The lowest BCUT2D eigenvalue weighted by molar-refractivity contribution is -0.149. The summed E-state index contributed by atoms with van der Waals surface area (Å²) in [5.74, 6) is -1.19. The van der Waals surface area contributed by atoms with Crippen LogP contribution in [0.25, 0.3) is 0 Å². The third kappa shape index (κ3) is 4.12. The molecule has 0 saturated carbocycles. The van der Waals surface area contributed by atoms with Gasteiger partial charge in [-0.05, 0) is 19.1 Å². The van der Waals surface area contributed by atoms with Crippen LogP contribution in [0.15, 0.2) is 22.7 Å². The number of aromatic hydroxyl groups is 1. The maximum atomic E-state index is 13.6. The summed E-state index contributed by atoms with van der Waals surface area (Å²) in [6.07, 6.45) is -2.00. The van der Waals surface area contributed by atoms with Crippen LogP contribution in [-0.2, 0) is 9.53 Å². The maximum absolute atomic E-state index is 13.6. The molecular weight excluding hydrogens is 328 g/mol. The molecule has 0 radical (unpaired) electrons. The molecule has 0 amide bonds. The molecule has 0 aliphatic rings. The van der Waals surface area contributed by atoms with Gasteiger partial charge >= 0.3 is 5.97 Å². The van der Waals surface area contributed by atoms with E-state index in [2.05, 4.69) is 20.7 Å². The summed E-state index contributed by atoms with van der Waals surface area (Å²) in [4.78, 5) is 11.2. The van der Waals surface area contributed by atoms with Gasteiger partial charge in [0, 0.05) is 10.0 Å². The smallest absolute Gasteiger partial charge is 0.342 e. The summed E-state index contributed by atoms with van der Waals surface area (Å²) in [6, 6.07) is 3.19. The van der Waals surface area contributed by atoms with Gasteiger partial charge in [-0.2, -0.15) is 0 Å². The number of benzene rings is 1. The number of phenols is 1. The third-order valence-corrected chi connectivity index (χ3v) is 2.67. The van der Waals surface area contributed by atoms with E-state index in [4.69, 9.17) is 5.73 Å². The normalized spacial score (nSPS) is 13.3. The van der Waals surface area contributed by atoms with E-state index in [1.54, 1.807) is 13.0 Å². The number of halogens is 3. The standard InChI is InChI=1S/C11H13BrFNO3.ClH/c1-2-17-11(16)9(13)10(14)7-4-3-6(12)5-8(7)15;/h3-5,9-10,15H,2,14H2,1H3;1H/t9?,10-;/m1./s1. The molecule has 1 unspecified atom stereocenters. The van der Waals surface area contributed by atoms with E-state index in [-0.39, 0.29) is 30.3 Å². The molecule has 18 heavy (non-hydrogen) atoms. The summed E-state index contributed by atoms with van der Waals surface area (Å²) in [5, 5.41) is 9.59. The molecule has 1 aromatic rings. The van der Waals surface area contributed by atoms with Crippen LogP contribution >= 0.6 is 28.3 Å². The number of ether oxygens (including phenoxy) is 1. The van der Waals surface area contributed by atoms with Gasteiger partial charge in [0.15, 0.2) is 0 Å². The minimum absolute atomic E-state index is 0. The van der Waals surface area contributed by atoms with E-state index in [9.17, 15) is 14.3 Å². The van der Waals surface area contributed by atoms with Gasteiger partial charge in [-0.25, -0.2) is 9.18 Å². The molecule has 1 rings (SSSR count). The Labute approximate surface area is 119 Å². The number of nitrogens with two attached hydrogens (primary N) is 1. The van der Waals surface area contributed by atoms with Crippen LogP contribution in [0.2, 0.25) is 0 Å². The highest BCUT2D eigenvalue weighted by molar-refractivity contribution is 9.10. The fourth-order valence-corrected chi connectivity index (χ4v) is 1.67. The summed E-state index contributed by atoms with van der Waals surface area (Å²) < 4.78 is 18.8. The van der Waals surface area contributed by atoms with Gasteiger partial charge < -0.3 is 15.6 Å². The first kappa shape index (κ1) is 17.2. The fraction of sp³-hybridized carbons (Fsp3) is 0.364. The number of carbonyl (C=O) groups excluding carboxylic acids is 1. The van der Waals surface area contributed by atoms with E-state index >= 15 is 0 Å². The molecule has 0 aliphatic heterocycles. The zero-order chi connectivity index (χ0) is 13.0. The van der Waals surface area contributed by atoms with Crippen LogP contribution in [0.4, 0.5) is 4.39 Å². The van der Waals surface area contributed by atoms with E-state index in [0.717, 1.165) is 0 Å². The number of hydrogen-bond donors (Lipinski definition) is 2. The predicted octanol–water partition coefficient (Wildman–Crippen LogP) is 2.48. The summed E-state index contributed by atoms with van der Waals surface area (Å²) in [5.41, 5.74) is 5.73. The quantitative estimate of drug-likeness (QED) is 0.825. The Balaban J connectivity index is 0.00000289. The van der Waals surface area contributed by atoms with Gasteiger partial charge in [0.1, 0.15) is 5.75 Å². The van der Waals surface area contributed by atoms with E-state index < -0.39 is 18.2 Å². The van der Waals surface area contributed by atoms with E-state index in [0.29, 0.717) is 4.47 Å². The van der Waals surface area contributed by atoms with Gasteiger partial charge in [0.2, 0.25) is 6.17 Å². The molecule has 2 atom stereocenters. The molecular formula is C11H14BrClFNO3. The van der Waals surface area contributed by atoms with Crippen molar-refractivity contribution in [2.75, 3.05) is 6.61 Å². The zero-order valence-corrected chi connectivity index (χ0v) is 12.0. The van der Waals surface area contributed by atoms with Crippen molar-refractivity contribution in [3.05, 3.63) is 28.2 Å². The van der Waals surface area contributed by atoms with Gasteiger partial charge in [-0.3, -0.25) is 0 Å². The summed E-state index contributed by atoms with van der Waals surface area (Å²) in [7, 11) is 0. The number of rotatable bonds is 4. The van der Waals surface area contributed by atoms with Crippen LogP contribution in [-0.4, -0.2) is 23.9 Å². The molecule has 0 saturated heterocycles. The molecule has 0 heterocycles. The highest BCUT2D eigenvalue weighted by Gasteiger charge is 2.29. The Morgan fingerprint density at radius 3 is 2.72 bits per heavy atom. The lowest BCUT2D eigenvalue weighted by Gasteiger charge is -2.17. The Bertz CT molecular complexity index is 419. The number of hydrogen-bond acceptors (Lipinski definition) is 4. The molecule has 0 bridgehead atoms. The Hall–Kier alpha value is -0.850. The van der Waals surface area contributed by atoms with Crippen molar-refractivity contribution in [3.8, 4) is 5.75 Å². The molecule has 7 heteroatoms. The number of alkyl halides is 1. The molecule has 1 aromatic carbocycles. The van der Waals surface area contributed by atoms with Gasteiger partial charge in [0.05, 0.1) is 12.6 Å². The Morgan fingerprint density at radius 2 is 2.22 bits per heavy atom. The minimum atomic E-state index is -2.00. The first-order valence-corrected chi connectivity index (χ1v) is 5.81. The van der Waals surface area contributed by atoms with Crippen molar-refractivity contribution in [2.45, 2.75) is 19.1 Å². The van der Waals surface area contributed by atoms with Crippen LogP contribution in [0.3, 0.4) is 0 Å². The minimum Gasteiger partial charge on any atom is -0.508 e. The number of carbonyl (C=O) groups is 1. The maximum Gasteiger partial charge on any atom is 0.342 e. The van der Waals surface area contributed by atoms with Crippen molar-refractivity contribution in [2.24, 2.45) is 5.73 Å². The zero-order valence-electron chi connectivity index (χ0n) is 9.60. The van der Waals surface area contributed by atoms with Crippen molar-refractivity contribution in [1.82, 2.24) is 0 Å². The molecule has 0 spiro atoms. The molecule has 3 N–H and O–H groups in total. The fourth-order valence-electron chi connectivity index (χ4n) is 1.32. The molecule has 0 aromatic heterocycles. The average molecular weight is 343 g/mol. The van der Waals surface area contributed by atoms with Crippen LogP contribution in [0, 0.1) is 0 Å². The van der Waals surface area contributed by atoms with Crippen LogP contribution < -0.4 is 5.73 Å². The Kier molecular flexibility index (Phi) is 7.20. The molecule has 102 valence electrons. The summed E-state index contributed by atoms with van der Waals surface area (Å²) in [6.45, 7) is 1.66. The lowest BCUT2D eigenvalue weighted by Crippen LogP contribution is -2.31. The topological polar surface area (TPSA) is 72.5 Å². The number of esters is 1. The van der Waals surface area contributed by atoms with Gasteiger partial charge in [0.25, 0.3) is 0 Å². The van der Waals surface area contributed by atoms with E-state index in [1.807, 2.05) is 0 Å². The molecule has 4 nitrogen and oxygen atoms in total.